The number of hydrogen-bond donors (Lipinski definition) is 1. The van der Waals surface area contributed by atoms with Crippen LogP contribution in [0.3, 0.4) is 0 Å². The summed E-state index contributed by atoms with van der Waals surface area (Å²) in [6.45, 7) is 0.547. The molecule has 0 radical (unpaired) electrons. The van der Waals surface area contributed by atoms with E-state index < -0.39 is 12.2 Å². The van der Waals surface area contributed by atoms with Crippen molar-refractivity contribution in [3.05, 3.63) is 41.7 Å². The van der Waals surface area contributed by atoms with Crippen molar-refractivity contribution in [3.8, 4) is 6.07 Å². The summed E-state index contributed by atoms with van der Waals surface area (Å²) >= 11 is 0.958. The zero-order valence-corrected chi connectivity index (χ0v) is 14.5. The van der Waals surface area contributed by atoms with Crippen LogP contribution in [0.1, 0.15) is 28.9 Å². The van der Waals surface area contributed by atoms with Crippen molar-refractivity contribution < 1.29 is 14.3 Å². The molecule has 2 aromatic rings. The molecule has 4 rings (SSSR count). The first-order valence-electron chi connectivity index (χ1n) is 8.17. The third kappa shape index (κ3) is 2.99. The lowest BCUT2D eigenvalue weighted by atomic mass is 9.97. The summed E-state index contributed by atoms with van der Waals surface area (Å²) in [6.07, 6.45) is 2.26. The van der Waals surface area contributed by atoms with Crippen LogP contribution >= 0.6 is 11.7 Å². The molecule has 1 saturated heterocycles. The van der Waals surface area contributed by atoms with Gasteiger partial charge in [-0.05, 0) is 30.5 Å². The lowest BCUT2D eigenvalue weighted by Gasteiger charge is -2.14. The van der Waals surface area contributed by atoms with Crippen LogP contribution < -0.4 is 10.2 Å². The van der Waals surface area contributed by atoms with Crippen LogP contribution in [0.2, 0.25) is 0 Å². The Morgan fingerprint density at radius 1 is 1.42 bits per heavy atom. The lowest BCUT2D eigenvalue weighted by Crippen LogP contribution is -2.34. The third-order valence-corrected chi connectivity index (χ3v) is 5.13. The van der Waals surface area contributed by atoms with E-state index in [9.17, 15) is 14.9 Å². The van der Waals surface area contributed by atoms with E-state index in [1.807, 2.05) is 24.3 Å². The number of hydrogen-bond acceptors (Lipinski definition) is 7. The fourth-order valence-electron chi connectivity index (χ4n) is 2.95. The second-order valence-corrected chi connectivity index (χ2v) is 6.92. The first-order chi connectivity index (χ1) is 12.6. The second kappa shape index (κ2) is 6.38. The number of nitrogens with zero attached hydrogens (tertiary/aromatic N) is 4. The lowest BCUT2D eigenvalue weighted by molar-refractivity contribution is 0.0912. The Hall–Kier alpha value is -2.99. The smallest absolute Gasteiger partial charge is 0.414 e. The minimum absolute atomic E-state index is 0.203. The van der Waals surface area contributed by atoms with Gasteiger partial charge in [0.2, 0.25) is 0 Å². The second-order valence-electron chi connectivity index (χ2n) is 6.36. The highest BCUT2D eigenvalue weighted by molar-refractivity contribution is 6.99. The van der Waals surface area contributed by atoms with Gasteiger partial charge in [0.25, 0.3) is 5.91 Å². The highest BCUT2D eigenvalue weighted by atomic mass is 32.1. The number of ether oxygens (including phenoxy) is 1. The van der Waals surface area contributed by atoms with Gasteiger partial charge in [0, 0.05) is 5.69 Å². The molecule has 26 heavy (non-hydrogen) atoms. The summed E-state index contributed by atoms with van der Waals surface area (Å²) in [4.78, 5) is 25.5. The van der Waals surface area contributed by atoms with E-state index in [1.54, 1.807) is 0 Å². The average molecular weight is 369 g/mol. The van der Waals surface area contributed by atoms with Crippen molar-refractivity contribution in [2.75, 3.05) is 18.0 Å². The van der Waals surface area contributed by atoms with Crippen LogP contribution in [0, 0.1) is 11.3 Å². The van der Waals surface area contributed by atoms with Crippen molar-refractivity contribution in [1.82, 2.24) is 14.1 Å². The van der Waals surface area contributed by atoms with E-state index in [1.165, 1.54) is 11.1 Å². The topological polar surface area (TPSA) is 108 Å². The van der Waals surface area contributed by atoms with Gasteiger partial charge in [-0.15, -0.1) is 0 Å². The average Bonchev–Trinajstić information content (AvgIpc) is 3.09. The van der Waals surface area contributed by atoms with Crippen molar-refractivity contribution in [2.45, 2.75) is 24.4 Å². The van der Waals surface area contributed by atoms with Gasteiger partial charge >= 0.3 is 6.09 Å². The number of carbonyl (C=O) groups excluding carboxylic acids is 2. The molecule has 8 nitrogen and oxygen atoms in total. The Morgan fingerprint density at radius 2 is 2.19 bits per heavy atom. The van der Waals surface area contributed by atoms with E-state index in [0.717, 1.165) is 30.1 Å². The van der Waals surface area contributed by atoms with Gasteiger partial charge < -0.3 is 10.1 Å². The molecule has 2 amide bonds. The molecule has 0 spiro atoms. The molecule has 2 fully saturated rings. The standard InChI is InChI=1S/C17H15N5O3S/c18-10-17(5-6-17)11-1-3-12(4-2-11)22-9-13(25-16(22)24)7-19-15(23)14-8-20-26-21-14/h1-4,8,13H,5-7,9H2,(H,19,23)/t13-/m0/s1. The van der Waals surface area contributed by atoms with E-state index in [-0.39, 0.29) is 23.6 Å². The zero-order chi connectivity index (χ0) is 18.1. The fraction of sp³-hybridized carbons (Fsp3) is 0.353. The number of nitriles is 1. The van der Waals surface area contributed by atoms with Gasteiger partial charge in [-0.3, -0.25) is 9.69 Å². The van der Waals surface area contributed by atoms with E-state index in [2.05, 4.69) is 20.1 Å². The molecule has 1 aliphatic carbocycles. The summed E-state index contributed by atoms with van der Waals surface area (Å²) in [5, 5.41) is 12.0. The number of aromatic nitrogens is 2. The normalized spacial score (nSPS) is 20.3. The van der Waals surface area contributed by atoms with E-state index in [0.29, 0.717) is 12.2 Å². The molecular formula is C17H15N5O3S. The minimum atomic E-state index is -0.450. The van der Waals surface area contributed by atoms with Gasteiger partial charge in [-0.25, -0.2) is 4.79 Å². The maximum Gasteiger partial charge on any atom is 0.414 e. The number of benzene rings is 1. The van der Waals surface area contributed by atoms with Gasteiger partial charge in [-0.1, -0.05) is 12.1 Å². The van der Waals surface area contributed by atoms with Gasteiger partial charge in [-0.2, -0.15) is 14.0 Å². The summed E-state index contributed by atoms with van der Waals surface area (Å²) in [5.41, 5.74) is 1.60. The quantitative estimate of drug-likeness (QED) is 0.862. The number of anilines is 1. The molecule has 2 aliphatic rings. The summed E-state index contributed by atoms with van der Waals surface area (Å²) in [5.74, 6) is -0.344. The first kappa shape index (κ1) is 16.5. The Balaban J connectivity index is 1.37. The summed E-state index contributed by atoms with van der Waals surface area (Å²) in [7, 11) is 0. The van der Waals surface area contributed by atoms with E-state index >= 15 is 0 Å². The maximum absolute atomic E-state index is 12.1. The van der Waals surface area contributed by atoms with Crippen molar-refractivity contribution in [1.29, 1.82) is 5.26 Å². The van der Waals surface area contributed by atoms with Gasteiger partial charge in [0.1, 0.15) is 6.10 Å². The molecule has 1 aliphatic heterocycles. The van der Waals surface area contributed by atoms with Crippen LogP contribution in [0.15, 0.2) is 30.5 Å². The molecule has 1 N–H and O–H groups in total. The first-order valence-corrected chi connectivity index (χ1v) is 8.90. The van der Waals surface area contributed by atoms with Crippen LogP contribution in [0.25, 0.3) is 0 Å². The summed E-state index contributed by atoms with van der Waals surface area (Å²) in [6, 6.07) is 9.80. The Kier molecular flexibility index (Phi) is 4.05. The number of rotatable bonds is 5. The molecule has 0 bridgehead atoms. The predicted molar refractivity (Wildman–Crippen MR) is 92.8 cm³/mol. The number of carbonyl (C=O) groups is 2. The highest BCUT2D eigenvalue weighted by Crippen LogP contribution is 2.47. The molecule has 1 atom stereocenters. The van der Waals surface area contributed by atoms with E-state index in [4.69, 9.17) is 4.74 Å². The van der Waals surface area contributed by atoms with Crippen molar-refractivity contribution in [2.24, 2.45) is 0 Å². The number of nitrogens with one attached hydrogen (secondary N) is 1. The maximum atomic E-state index is 12.1. The molecule has 0 unspecified atom stereocenters. The molecule has 2 heterocycles. The molecule has 132 valence electrons. The summed E-state index contributed by atoms with van der Waals surface area (Å²) < 4.78 is 12.9. The molecule has 1 saturated carbocycles. The van der Waals surface area contributed by atoms with Crippen LogP contribution in [0.4, 0.5) is 10.5 Å². The Bertz CT molecular complexity index is 871. The third-order valence-electron chi connectivity index (χ3n) is 4.65. The zero-order valence-electron chi connectivity index (χ0n) is 13.7. The van der Waals surface area contributed by atoms with Crippen LogP contribution in [0.5, 0.6) is 0 Å². The highest BCUT2D eigenvalue weighted by Gasteiger charge is 2.45. The fourth-order valence-corrected chi connectivity index (χ4v) is 3.36. The Morgan fingerprint density at radius 3 is 2.81 bits per heavy atom. The van der Waals surface area contributed by atoms with Crippen molar-refractivity contribution >= 4 is 29.4 Å². The molecule has 9 heteroatoms. The van der Waals surface area contributed by atoms with Crippen molar-refractivity contribution in [3.63, 3.8) is 0 Å². The van der Waals surface area contributed by atoms with Crippen LogP contribution in [-0.2, 0) is 10.2 Å². The predicted octanol–water partition coefficient (Wildman–Crippen LogP) is 1.85. The van der Waals surface area contributed by atoms with Gasteiger partial charge in [0.15, 0.2) is 5.69 Å². The van der Waals surface area contributed by atoms with Gasteiger partial charge in [0.05, 0.1) is 42.5 Å². The van der Waals surface area contributed by atoms with Crippen LogP contribution in [-0.4, -0.2) is 39.9 Å². The largest absolute Gasteiger partial charge is 0.442 e. The Labute approximate surface area is 153 Å². The number of amides is 2. The monoisotopic (exact) mass is 369 g/mol. The molecule has 1 aromatic carbocycles. The number of cyclic esters (lactones) is 1. The minimum Gasteiger partial charge on any atom is -0.442 e. The molecule has 1 aromatic heterocycles. The molecular weight excluding hydrogens is 354 g/mol. The SMILES string of the molecule is N#CC1(c2ccc(N3C[C@H](CNC(=O)c4cnsn4)OC3=O)cc2)CC1.